The van der Waals surface area contributed by atoms with Gasteiger partial charge >= 0.3 is 0 Å². The van der Waals surface area contributed by atoms with Crippen molar-refractivity contribution in [2.75, 3.05) is 13.7 Å². The van der Waals surface area contributed by atoms with Gasteiger partial charge in [0, 0.05) is 12.0 Å². The molecule has 2 aromatic rings. The molecule has 0 saturated carbocycles. The summed E-state index contributed by atoms with van der Waals surface area (Å²) in [5, 5.41) is 11.3. The van der Waals surface area contributed by atoms with Crippen molar-refractivity contribution in [2.24, 2.45) is 0 Å². The first kappa shape index (κ1) is 9.99. The van der Waals surface area contributed by atoms with Gasteiger partial charge in [-0.15, -0.1) is 0 Å². The number of rotatable bonds is 3. The van der Waals surface area contributed by atoms with Crippen molar-refractivity contribution in [3.8, 4) is 5.75 Å². The summed E-state index contributed by atoms with van der Waals surface area (Å²) >= 11 is 0. The van der Waals surface area contributed by atoms with E-state index < -0.39 is 0 Å². The number of methoxy groups -OCH3 is 1. The van der Waals surface area contributed by atoms with Gasteiger partial charge < -0.3 is 9.84 Å². The molecule has 15 heavy (non-hydrogen) atoms. The summed E-state index contributed by atoms with van der Waals surface area (Å²) in [5.74, 6) is 0.872. The minimum atomic E-state index is 0.164. The maximum atomic E-state index is 9.00. The molecular weight excluding hydrogens is 188 g/mol. The standard InChI is InChI=1S/C13H14O2/c1-15-12-7-3-6-10-4-2-5-11(8-9-14)13(10)12/h2-7,14H,8-9H2,1H3. The third-order valence-corrected chi connectivity index (χ3v) is 2.55. The lowest BCUT2D eigenvalue weighted by molar-refractivity contribution is 0.300. The Morgan fingerprint density at radius 3 is 2.53 bits per heavy atom. The Kier molecular flexibility index (Phi) is 2.88. The first-order chi connectivity index (χ1) is 7.36. The van der Waals surface area contributed by atoms with Gasteiger partial charge in [0.25, 0.3) is 0 Å². The number of aliphatic hydroxyl groups excluding tert-OH is 1. The molecule has 0 saturated heterocycles. The molecule has 78 valence electrons. The zero-order chi connectivity index (χ0) is 10.7. The summed E-state index contributed by atoms with van der Waals surface area (Å²) in [5.41, 5.74) is 1.13. The first-order valence-electron chi connectivity index (χ1n) is 5.02. The summed E-state index contributed by atoms with van der Waals surface area (Å²) in [6.45, 7) is 0.164. The Balaban J connectivity index is 2.69. The lowest BCUT2D eigenvalue weighted by Crippen LogP contribution is -1.94. The molecule has 2 rings (SSSR count). The highest BCUT2D eigenvalue weighted by molar-refractivity contribution is 5.91. The monoisotopic (exact) mass is 202 g/mol. The van der Waals surface area contributed by atoms with Crippen LogP contribution in [0.2, 0.25) is 0 Å². The minimum Gasteiger partial charge on any atom is -0.496 e. The molecule has 0 bridgehead atoms. The summed E-state index contributed by atoms with van der Waals surface area (Å²) < 4.78 is 5.33. The Morgan fingerprint density at radius 1 is 1.13 bits per heavy atom. The van der Waals surface area contributed by atoms with Crippen molar-refractivity contribution >= 4 is 10.8 Å². The molecule has 0 aromatic heterocycles. The molecule has 0 aliphatic carbocycles. The van der Waals surface area contributed by atoms with Crippen molar-refractivity contribution in [1.82, 2.24) is 0 Å². The Morgan fingerprint density at radius 2 is 1.87 bits per heavy atom. The van der Waals surface area contributed by atoms with Crippen LogP contribution in [0.1, 0.15) is 5.56 Å². The molecule has 0 aliphatic rings. The van der Waals surface area contributed by atoms with Gasteiger partial charge in [-0.05, 0) is 23.4 Å². The molecule has 0 aliphatic heterocycles. The van der Waals surface area contributed by atoms with E-state index >= 15 is 0 Å². The molecule has 0 spiro atoms. The van der Waals surface area contributed by atoms with Crippen LogP contribution in [0.25, 0.3) is 10.8 Å². The number of hydrogen-bond donors (Lipinski definition) is 1. The fourth-order valence-electron chi connectivity index (χ4n) is 1.88. The van der Waals surface area contributed by atoms with Gasteiger partial charge in [-0.1, -0.05) is 30.3 Å². The van der Waals surface area contributed by atoms with Gasteiger partial charge in [0.15, 0.2) is 0 Å². The highest BCUT2D eigenvalue weighted by Gasteiger charge is 2.05. The fraction of sp³-hybridized carbons (Fsp3) is 0.231. The molecule has 2 heteroatoms. The van der Waals surface area contributed by atoms with Crippen molar-refractivity contribution in [2.45, 2.75) is 6.42 Å². The van der Waals surface area contributed by atoms with Crippen LogP contribution in [0, 0.1) is 0 Å². The second-order valence-electron chi connectivity index (χ2n) is 3.45. The quantitative estimate of drug-likeness (QED) is 0.828. The van der Waals surface area contributed by atoms with E-state index in [9.17, 15) is 0 Å². The number of benzene rings is 2. The molecule has 0 unspecified atom stereocenters. The lowest BCUT2D eigenvalue weighted by Gasteiger charge is -2.09. The summed E-state index contributed by atoms with van der Waals surface area (Å²) in [6, 6.07) is 12.1. The average molecular weight is 202 g/mol. The maximum absolute atomic E-state index is 9.00. The Hall–Kier alpha value is -1.54. The van der Waals surface area contributed by atoms with Crippen LogP contribution in [0.3, 0.4) is 0 Å². The van der Waals surface area contributed by atoms with Crippen molar-refractivity contribution < 1.29 is 9.84 Å². The maximum Gasteiger partial charge on any atom is 0.126 e. The van der Waals surface area contributed by atoms with E-state index in [0.29, 0.717) is 6.42 Å². The molecule has 0 radical (unpaired) electrons. The largest absolute Gasteiger partial charge is 0.496 e. The van der Waals surface area contributed by atoms with Gasteiger partial charge in [0.1, 0.15) is 5.75 Å². The Bertz CT molecular complexity index is 458. The SMILES string of the molecule is COc1cccc2cccc(CCO)c12. The molecule has 1 N–H and O–H groups in total. The van der Waals surface area contributed by atoms with Gasteiger partial charge in [-0.25, -0.2) is 0 Å². The van der Waals surface area contributed by atoms with Crippen LogP contribution in [0.4, 0.5) is 0 Å². The normalized spacial score (nSPS) is 10.5. The second kappa shape index (κ2) is 4.32. The number of aliphatic hydroxyl groups is 1. The van der Waals surface area contributed by atoms with E-state index in [1.165, 1.54) is 0 Å². The lowest BCUT2D eigenvalue weighted by atomic mass is 10.0. The molecule has 0 heterocycles. The molecule has 0 amide bonds. The topological polar surface area (TPSA) is 29.5 Å². The van der Waals surface area contributed by atoms with Crippen LogP contribution in [-0.4, -0.2) is 18.8 Å². The third kappa shape index (κ3) is 1.81. The zero-order valence-corrected chi connectivity index (χ0v) is 8.73. The van der Waals surface area contributed by atoms with E-state index in [4.69, 9.17) is 9.84 Å². The third-order valence-electron chi connectivity index (χ3n) is 2.55. The van der Waals surface area contributed by atoms with Crippen molar-refractivity contribution in [1.29, 1.82) is 0 Å². The fourth-order valence-corrected chi connectivity index (χ4v) is 1.88. The van der Waals surface area contributed by atoms with E-state index in [0.717, 1.165) is 22.1 Å². The minimum absolute atomic E-state index is 0.164. The van der Waals surface area contributed by atoms with Crippen LogP contribution in [0.5, 0.6) is 5.75 Å². The Labute approximate surface area is 89.1 Å². The van der Waals surface area contributed by atoms with Gasteiger partial charge in [0.2, 0.25) is 0 Å². The van der Waals surface area contributed by atoms with E-state index in [-0.39, 0.29) is 6.61 Å². The van der Waals surface area contributed by atoms with Gasteiger partial charge in [0.05, 0.1) is 7.11 Å². The van der Waals surface area contributed by atoms with Crippen LogP contribution < -0.4 is 4.74 Å². The van der Waals surface area contributed by atoms with Crippen LogP contribution in [-0.2, 0) is 6.42 Å². The van der Waals surface area contributed by atoms with Gasteiger partial charge in [-0.2, -0.15) is 0 Å². The van der Waals surface area contributed by atoms with Crippen molar-refractivity contribution in [3.05, 3.63) is 42.0 Å². The highest BCUT2D eigenvalue weighted by Crippen LogP contribution is 2.28. The smallest absolute Gasteiger partial charge is 0.126 e. The van der Waals surface area contributed by atoms with E-state index in [2.05, 4.69) is 12.1 Å². The van der Waals surface area contributed by atoms with Crippen LogP contribution >= 0.6 is 0 Å². The molecule has 2 aromatic carbocycles. The predicted molar refractivity (Wildman–Crippen MR) is 61.3 cm³/mol. The predicted octanol–water partition coefficient (Wildman–Crippen LogP) is 2.38. The molecule has 0 fully saturated rings. The number of fused-ring (bicyclic) bond motifs is 1. The number of hydrogen-bond acceptors (Lipinski definition) is 2. The highest BCUT2D eigenvalue weighted by atomic mass is 16.5. The van der Waals surface area contributed by atoms with Crippen molar-refractivity contribution in [3.63, 3.8) is 0 Å². The van der Waals surface area contributed by atoms with E-state index in [1.807, 2.05) is 24.3 Å². The van der Waals surface area contributed by atoms with E-state index in [1.54, 1.807) is 7.11 Å². The van der Waals surface area contributed by atoms with Crippen LogP contribution in [0.15, 0.2) is 36.4 Å². The summed E-state index contributed by atoms with van der Waals surface area (Å²) in [4.78, 5) is 0. The molecule has 0 atom stereocenters. The first-order valence-corrected chi connectivity index (χ1v) is 5.02. The summed E-state index contributed by atoms with van der Waals surface area (Å²) in [7, 11) is 1.67. The second-order valence-corrected chi connectivity index (χ2v) is 3.45. The average Bonchev–Trinajstić information content (AvgIpc) is 2.29. The number of ether oxygens (including phenoxy) is 1. The summed E-state index contributed by atoms with van der Waals surface area (Å²) in [6.07, 6.45) is 0.664. The zero-order valence-electron chi connectivity index (χ0n) is 8.73. The van der Waals surface area contributed by atoms with Gasteiger partial charge in [-0.3, -0.25) is 0 Å². The molecular formula is C13H14O2. The molecule has 2 nitrogen and oxygen atoms in total.